The molecule has 0 atom stereocenters. The highest BCUT2D eigenvalue weighted by Crippen LogP contribution is 2.19. The highest BCUT2D eigenvalue weighted by Gasteiger charge is 2.27. The lowest BCUT2D eigenvalue weighted by Crippen LogP contribution is -2.36. The van der Waals surface area contributed by atoms with Gasteiger partial charge in [-0.25, -0.2) is 4.79 Å². The third-order valence-corrected chi connectivity index (χ3v) is 24.1. The van der Waals surface area contributed by atoms with Gasteiger partial charge in [0.25, 0.3) is 0 Å². The number of ether oxygens (including phenoxy) is 1. The van der Waals surface area contributed by atoms with Gasteiger partial charge in [-0.1, -0.05) is 6.58 Å². The minimum atomic E-state index is -1.66. The van der Waals surface area contributed by atoms with Crippen molar-refractivity contribution in [2.45, 2.75) is 115 Å². The van der Waals surface area contributed by atoms with Gasteiger partial charge in [0.15, 0.2) is 33.3 Å². The maximum atomic E-state index is 11.4. The molecule has 0 N–H and O–H groups in total. The molecular weight excluding hydrogens is 585 g/mol. The highest BCUT2D eigenvalue weighted by atomic mass is 28.4. The fourth-order valence-electron chi connectivity index (χ4n) is 2.65. The Balaban J connectivity index is 3.93. The fourth-order valence-corrected chi connectivity index (χ4v) is 20.7. The minimum Gasteiger partial charge on any atom is -0.462 e. The summed E-state index contributed by atoms with van der Waals surface area (Å²) in [6.07, 6.45) is 0.837. The van der Waals surface area contributed by atoms with Crippen LogP contribution in [0.15, 0.2) is 12.2 Å². The topological polar surface area (TPSA) is 63.2 Å². The van der Waals surface area contributed by atoms with Gasteiger partial charge < -0.3 is 21.2 Å². The molecule has 206 valence electrons. The molecule has 0 aromatic rings. The Bertz CT molecular complexity index is 641. The molecule has 0 aliphatic rings. The molecule has 36 heavy (non-hydrogen) atoms. The van der Waals surface area contributed by atoms with Gasteiger partial charge in [-0.15, -0.1) is 0 Å². The summed E-state index contributed by atoms with van der Waals surface area (Å²) in [4.78, 5) is 11.4. The Morgan fingerprint density at radius 2 is 1.00 bits per heavy atom. The predicted molar refractivity (Wildman–Crippen MR) is 167 cm³/mol. The van der Waals surface area contributed by atoms with E-state index in [4.69, 9.17) is 21.2 Å². The van der Waals surface area contributed by atoms with Gasteiger partial charge >= 0.3 is 5.97 Å². The van der Waals surface area contributed by atoms with Crippen LogP contribution in [0.3, 0.4) is 0 Å². The van der Waals surface area contributed by atoms with Crippen LogP contribution >= 0.6 is 0 Å². The van der Waals surface area contributed by atoms with Gasteiger partial charge in [0.1, 0.15) is 0 Å². The molecule has 0 heterocycles. The van der Waals surface area contributed by atoms with Crippen molar-refractivity contribution in [3.8, 4) is 0 Å². The Kier molecular flexibility index (Phi) is 18.6. The molecule has 0 aliphatic carbocycles. The Labute approximate surface area is 236 Å². The summed E-state index contributed by atoms with van der Waals surface area (Å²) in [5, 5.41) is 0. The number of rotatable bonds is 22. The van der Waals surface area contributed by atoms with Crippen LogP contribution in [0.4, 0.5) is 0 Å². The van der Waals surface area contributed by atoms with E-state index in [1.165, 1.54) is 6.04 Å². The van der Waals surface area contributed by atoms with Gasteiger partial charge in [0.2, 0.25) is 39.1 Å². The molecule has 6 nitrogen and oxygen atoms in total. The molecule has 0 bridgehead atoms. The number of hydrogen-bond donors (Lipinski definition) is 0. The Hall–Kier alpha value is 0.785. The van der Waals surface area contributed by atoms with Crippen LogP contribution < -0.4 is 0 Å². The first-order valence-electron chi connectivity index (χ1n) is 12.9. The van der Waals surface area contributed by atoms with E-state index in [2.05, 4.69) is 65.5 Å². The van der Waals surface area contributed by atoms with Crippen molar-refractivity contribution in [3.05, 3.63) is 12.2 Å². The molecule has 0 aliphatic heterocycles. The first-order valence-corrected chi connectivity index (χ1v) is 30.1. The summed E-state index contributed by atoms with van der Waals surface area (Å²) in [6.45, 7) is 26.4. The van der Waals surface area contributed by atoms with Gasteiger partial charge in [-0.05, 0) is 115 Å². The van der Waals surface area contributed by atoms with Crippen molar-refractivity contribution in [3.63, 3.8) is 0 Å². The monoisotopic (exact) mass is 634 g/mol. The zero-order valence-electron chi connectivity index (χ0n) is 24.5. The predicted octanol–water partition coefficient (Wildman–Crippen LogP) is 6.16. The minimum absolute atomic E-state index is 0.306. The van der Waals surface area contributed by atoms with Crippen LogP contribution in [0.25, 0.3) is 0 Å². The standard InChI is InChI=1S/C22H50O6Si8/c1-21(2)22(23)24-13-12-14-29-26-34(6,7)19-16-31-28-36(10,11)20-17-32-27-35(8,9)18-15-30-25-33(3,4)5/h1,12-20H2,2-11H3. The zero-order chi connectivity index (χ0) is 27.9. The van der Waals surface area contributed by atoms with Gasteiger partial charge in [-0.2, -0.15) is 0 Å². The van der Waals surface area contributed by atoms with Crippen LogP contribution in [-0.2, 0) is 26.0 Å². The van der Waals surface area contributed by atoms with Crippen LogP contribution in [0.5, 0.6) is 0 Å². The molecule has 0 unspecified atom stereocenters. The molecule has 14 heteroatoms. The van der Waals surface area contributed by atoms with E-state index in [1.807, 2.05) is 0 Å². The number of esters is 1. The summed E-state index contributed by atoms with van der Waals surface area (Å²) in [6, 6.07) is 7.78. The second kappa shape index (κ2) is 18.2. The van der Waals surface area contributed by atoms with Crippen molar-refractivity contribution in [1.29, 1.82) is 0 Å². The summed E-state index contributed by atoms with van der Waals surface area (Å²) in [5.41, 5.74) is 0.450. The maximum Gasteiger partial charge on any atom is 0.333 e. The average molecular weight is 635 g/mol. The normalized spacial score (nSPS) is 13.2. The number of carbonyl (C=O) groups is 1. The third kappa shape index (κ3) is 22.7. The molecule has 8 radical (unpaired) electrons. The van der Waals surface area contributed by atoms with Crippen molar-refractivity contribution >= 4 is 78.3 Å². The largest absolute Gasteiger partial charge is 0.462 e. The van der Waals surface area contributed by atoms with E-state index in [0.717, 1.165) is 42.7 Å². The quantitative estimate of drug-likeness (QED) is 0.0615. The Morgan fingerprint density at radius 1 is 0.639 bits per heavy atom. The van der Waals surface area contributed by atoms with Gasteiger partial charge in [0.05, 0.1) is 6.61 Å². The van der Waals surface area contributed by atoms with Crippen LogP contribution in [0, 0.1) is 0 Å². The van der Waals surface area contributed by atoms with E-state index in [1.54, 1.807) is 6.92 Å². The van der Waals surface area contributed by atoms with Crippen LogP contribution in [0.2, 0.25) is 101 Å². The van der Waals surface area contributed by atoms with E-state index in [0.29, 0.717) is 51.2 Å². The lowest BCUT2D eigenvalue weighted by Gasteiger charge is -2.27. The van der Waals surface area contributed by atoms with Crippen LogP contribution in [-0.4, -0.2) is 84.9 Å². The van der Waals surface area contributed by atoms with Gasteiger partial charge in [-0.3, -0.25) is 0 Å². The fraction of sp³-hybridized carbons (Fsp3) is 0.864. The Morgan fingerprint density at radius 3 is 1.36 bits per heavy atom. The van der Waals surface area contributed by atoms with E-state index >= 15 is 0 Å². The first-order chi connectivity index (χ1) is 16.4. The van der Waals surface area contributed by atoms with E-state index < -0.39 is 33.3 Å². The molecule has 0 saturated heterocycles. The molecule has 0 spiro atoms. The summed E-state index contributed by atoms with van der Waals surface area (Å²) < 4.78 is 30.1. The second-order valence-electron chi connectivity index (χ2n) is 11.9. The molecule has 0 aromatic carbocycles. The SMILES string of the molecule is C=C(C)C(=O)OCCC[Si]O[Si](C)(C)CC[Si]O[Si](C)(C)CC[Si]O[Si](C)(C)CC[Si]O[Si](C)(C)C. The molecule has 0 rings (SSSR count). The molecule has 0 fully saturated rings. The molecule has 0 saturated carbocycles. The van der Waals surface area contributed by atoms with Crippen molar-refractivity contribution < 1.29 is 26.0 Å². The van der Waals surface area contributed by atoms with Crippen molar-refractivity contribution in [2.24, 2.45) is 0 Å². The average Bonchev–Trinajstić information content (AvgIpc) is 2.73. The number of carbonyl (C=O) groups excluding carboxylic acids is 1. The maximum absolute atomic E-state index is 11.4. The molecule has 0 amide bonds. The summed E-state index contributed by atoms with van der Waals surface area (Å²) in [5.74, 6) is -0.306. The second-order valence-corrected chi connectivity index (χ2v) is 34.6. The zero-order valence-corrected chi connectivity index (χ0v) is 32.5. The first kappa shape index (κ1) is 36.8. The lowest BCUT2D eigenvalue weighted by molar-refractivity contribution is -0.138. The van der Waals surface area contributed by atoms with Crippen LogP contribution in [0.1, 0.15) is 13.3 Å². The summed E-state index contributed by atoms with van der Waals surface area (Å²) >= 11 is 0. The van der Waals surface area contributed by atoms with Crippen molar-refractivity contribution in [2.75, 3.05) is 6.61 Å². The smallest absolute Gasteiger partial charge is 0.333 e. The van der Waals surface area contributed by atoms with Crippen molar-refractivity contribution in [1.82, 2.24) is 0 Å². The highest BCUT2D eigenvalue weighted by molar-refractivity contribution is 6.79. The van der Waals surface area contributed by atoms with E-state index in [9.17, 15) is 4.79 Å². The molecule has 0 aromatic heterocycles. The third-order valence-electron chi connectivity index (χ3n) is 4.92. The van der Waals surface area contributed by atoms with Gasteiger partial charge in [0, 0.05) is 5.57 Å². The molecular formula is C22H50O6Si8. The summed E-state index contributed by atoms with van der Waals surface area (Å²) in [7, 11) is -4.00. The van der Waals surface area contributed by atoms with E-state index in [-0.39, 0.29) is 5.97 Å². The number of hydrogen-bond acceptors (Lipinski definition) is 6. The lowest BCUT2D eigenvalue weighted by atomic mass is 10.4.